The predicted molar refractivity (Wildman–Crippen MR) is 101 cm³/mol. The first-order chi connectivity index (χ1) is 13.2. The van der Waals surface area contributed by atoms with Gasteiger partial charge in [0.2, 0.25) is 5.91 Å². The molecule has 0 bridgehead atoms. The first-order valence-electron chi connectivity index (χ1n) is 9.19. The Bertz CT molecular complexity index is 972. The maximum Gasteiger partial charge on any atom is 0.419 e. The summed E-state index contributed by atoms with van der Waals surface area (Å²) in [5, 5.41) is 0. The van der Waals surface area contributed by atoms with Gasteiger partial charge in [-0.05, 0) is 24.3 Å². The highest BCUT2D eigenvalue weighted by atomic mass is 16.4. The molecule has 1 aromatic carbocycles. The van der Waals surface area contributed by atoms with Crippen molar-refractivity contribution < 1.29 is 9.21 Å². The van der Waals surface area contributed by atoms with Crippen molar-refractivity contribution in [2.75, 3.05) is 26.2 Å². The van der Waals surface area contributed by atoms with Gasteiger partial charge in [0.05, 0.1) is 11.2 Å². The maximum atomic E-state index is 12.6. The normalized spacial score (nSPS) is 15.3. The minimum atomic E-state index is -0.413. The molecular weight excluding hydrogens is 344 g/mol. The molecule has 2 aromatic heterocycles. The highest BCUT2D eigenvalue weighted by Crippen LogP contribution is 2.13. The summed E-state index contributed by atoms with van der Waals surface area (Å²) in [6.45, 7) is 4.20. The summed E-state index contributed by atoms with van der Waals surface area (Å²) in [4.78, 5) is 33.1. The van der Waals surface area contributed by atoms with Gasteiger partial charge in [0.1, 0.15) is 0 Å². The number of carbonyl (C=O) groups excluding carboxylic acids is 1. The summed E-state index contributed by atoms with van der Waals surface area (Å²) in [6, 6.07) is 13.2. The van der Waals surface area contributed by atoms with E-state index < -0.39 is 5.76 Å². The number of rotatable bonds is 5. The van der Waals surface area contributed by atoms with Gasteiger partial charge in [-0.15, -0.1) is 0 Å². The van der Waals surface area contributed by atoms with Crippen molar-refractivity contribution >= 4 is 17.0 Å². The first-order valence-corrected chi connectivity index (χ1v) is 9.19. The lowest BCUT2D eigenvalue weighted by Crippen LogP contribution is -2.48. The Labute approximate surface area is 156 Å². The minimum Gasteiger partial charge on any atom is -0.408 e. The molecule has 1 aliphatic rings. The topological polar surface area (TPSA) is 71.6 Å². The molecule has 1 saturated heterocycles. The summed E-state index contributed by atoms with van der Waals surface area (Å²) in [5.41, 5.74) is 2.33. The zero-order chi connectivity index (χ0) is 18.6. The molecule has 1 amide bonds. The van der Waals surface area contributed by atoms with E-state index in [4.69, 9.17) is 4.42 Å². The van der Waals surface area contributed by atoms with Crippen molar-refractivity contribution in [3.05, 3.63) is 64.9 Å². The van der Waals surface area contributed by atoms with Crippen molar-refractivity contribution in [1.29, 1.82) is 0 Å². The number of aromatic nitrogens is 2. The third-order valence-corrected chi connectivity index (χ3v) is 4.96. The van der Waals surface area contributed by atoms with Crippen LogP contribution in [0, 0.1) is 0 Å². The van der Waals surface area contributed by atoms with E-state index in [1.54, 1.807) is 12.3 Å². The summed E-state index contributed by atoms with van der Waals surface area (Å²) in [7, 11) is 0. The molecule has 4 rings (SSSR count). The van der Waals surface area contributed by atoms with Crippen molar-refractivity contribution in [2.45, 2.75) is 19.5 Å². The van der Waals surface area contributed by atoms with Gasteiger partial charge in [0.25, 0.3) is 0 Å². The van der Waals surface area contributed by atoms with Crippen molar-refractivity contribution in [3.63, 3.8) is 0 Å². The molecule has 0 saturated carbocycles. The average molecular weight is 366 g/mol. The molecular formula is C20H22N4O3. The van der Waals surface area contributed by atoms with Crippen LogP contribution >= 0.6 is 0 Å². The van der Waals surface area contributed by atoms with Gasteiger partial charge in [-0.1, -0.05) is 18.2 Å². The molecule has 3 aromatic rings. The van der Waals surface area contributed by atoms with E-state index >= 15 is 0 Å². The van der Waals surface area contributed by atoms with E-state index in [-0.39, 0.29) is 5.91 Å². The Kier molecular flexibility index (Phi) is 5.02. The largest absolute Gasteiger partial charge is 0.419 e. The number of aryl methyl sites for hydroxylation is 1. The molecule has 27 heavy (non-hydrogen) atoms. The van der Waals surface area contributed by atoms with Gasteiger partial charge in [0.15, 0.2) is 5.58 Å². The summed E-state index contributed by atoms with van der Waals surface area (Å²) < 4.78 is 6.75. The van der Waals surface area contributed by atoms with Crippen LogP contribution in [0.1, 0.15) is 12.1 Å². The lowest BCUT2D eigenvalue weighted by Gasteiger charge is -2.34. The summed E-state index contributed by atoms with van der Waals surface area (Å²) >= 11 is 0. The molecule has 140 valence electrons. The Hall–Kier alpha value is -2.93. The molecule has 7 heteroatoms. The van der Waals surface area contributed by atoms with Crippen LogP contribution in [-0.2, 0) is 17.9 Å². The molecule has 0 spiro atoms. The number of fused-ring (bicyclic) bond motifs is 1. The van der Waals surface area contributed by atoms with Crippen molar-refractivity contribution in [3.8, 4) is 0 Å². The van der Waals surface area contributed by atoms with E-state index in [2.05, 4.69) is 9.88 Å². The van der Waals surface area contributed by atoms with Gasteiger partial charge >= 0.3 is 5.76 Å². The molecule has 1 fully saturated rings. The third-order valence-electron chi connectivity index (χ3n) is 4.96. The highest BCUT2D eigenvalue weighted by molar-refractivity contribution is 5.77. The highest BCUT2D eigenvalue weighted by Gasteiger charge is 2.21. The minimum absolute atomic E-state index is 0.0738. The average Bonchev–Trinajstić information content (AvgIpc) is 3.02. The van der Waals surface area contributed by atoms with Gasteiger partial charge in [-0.25, -0.2) is 4.79 Å². The Balaban J connectivity index is 1.31. The zero-order valence-corrected chi connectivity index (χ0v) is 15.1. The number of oxazole rings is 1. The van der Waals surface area contributed by atoms with Crippen LogP contribution in [0.25, 0.3) is 11.1 Å². The molecule has 0 N–H and O–H groups in total. The molecule has 7 nitrogen and oxygen atoms in total. The van der Waals surface area contributed by atoms with Gasteiger partial charge in [-0.2, -0.15) is 0 Å². The van der Waals surface area contributed by atoms with Crippen LogP contribution in [0.3, 0.4) is 0 Å². The molecule has 1 aliphatic heterocycles. The zero-order valence-electron chi connectivity index (χ0n) is 15.1. The standard InChI is InChI=1S/C20H22N4O3/c25-19(8-10-24-17-6-1-2-7-18(17)27-20(24)26)23-13-11-22(12-14-23)15-16-5-3-4-9-21-16/h1-7,9H,8,10-15H2. The van der Waals surface area contributed by atoms with Gasteiger partial charge in [0, 0.05) is 51.9 Å². The second-order valence-corrected chi connectivity index (χ2v) is 6.72. The first kappa shape index (κ1) is 17.5. The van der Waals surface area contributed by atoms with E-state index in [1.165, 1.54) is 4.57 Å². The van der Waals surface area contributed by atoms with Crippen molar-refractivity contribution in [1.82, 2.24) is 19.4 Å². The number of hydrogen-bond acceptors (Lipinski definition) is 5. The lowest BCUT2D eigenvalue weighted by atomic mass is 10.2. The van der Waals surface area contributed by atoms with Crippen molar-refractivity contribution in [2.24, 2.45) is 0 Å². The molecule has 0 atom stereocenters. The van der Waals surface area contributed by atoms with E-state index in [0.29, 0.717) is 31.6 Å². The lowest BCUT2D eigenvalue weighted by molar-refractivity contribution is -0.133. The summed E-state index contributed by atoms with van der Waals surface area (Å²) in [5.74, 6) is -0.339. The number of amides is 1. The fraction of sp³-hybridized carbons (Fsp3) is 0.350. The van der Waals surface area contributed by atoms with E-state index in [1.807, 2.05) is 41.3 Å². The van der Waals surface area contributed by atoms with Crippen LogP contribution < -0.4 is 5.76 Å². The predicted octanol–water partition coefficient (Wildman–Crippen LogP) is 1.72. The number of para-hydroxylation sites is 2. The van der Waals surface area contributed by atoms with Crippen LogP contribution in [0.15, 0.2) is 57.9 Å². The third kappa shape index (κ3) is 3.93. The second kappa shape index (κ2) is 7.75. The van der Waals surface area contributed by atoms with Crippen LogP contribution in [0.5, 0.6) is 0 Å². The van der Waals surface area contributed by atoms with Gasteiger partial charge < -0.3 is 9.32 Å². The SMILES string of the molecule is O=C(CCn1c(=O)oc2ccccc21)N1CCN(Cc2ccccn2)CC1. The van der Waals surface area contributed by atoms with Crippen LogP contribution in [-0.4, -0.2) is 51.4 Å². The summed E-state index contributed by atoms with van der Waals surface area (Å²) in [6.07, 6.45) is 2.10. The fourth-order valence-corrected chi connectivity index (χ4v) is 3.47. The second-order valence-electron chi connectivity index (χ2n) is 6.72. The molecule has 3 heterocycles. The number of benzene rings is 1. The number of hydrogen-bond donors (Lipinski definition) is 0. The molecule has 0 radical (unpaired) electrons. The monoisotopic (exact) mass is 366 g/mol. The smallest absolute Gasteiger partial charge is 0.408 e. The fourth-order valence-electron chi connectivity index (χ4n) is 3.47. The van der Waals surface area contributed by atoms with E-state index in [0.717, 1.165) is 30.8 Å². The Morgan fingerprint density at radius 3 is 2.59 bits per heavy atom. The molecule has 0 unspecified atom stereocenters. The molecule has 0 aliphatic carbocycles. The Morgan fingerprint density at radius 2 is 1.81 bits per heavy atom. The van der Waals surface area contributed by atoms with Crippen LogP contribution in [0.2, 0.25) is 0 Å². The quantitative estimate of drug-likeness (QED) is 0.688. The van der Waals surface area contributed by atoms with Crippen LogP contribution in [0.4, 0.5) is 0 Å². The maximum absolute atomic E-state index is 12.6. The number of carbonyl (C=O) groups is 1. The Morgan fingerprint density at radius 1 is 1.04 bits per heavy atom. The van der Waals surface area contributed by atoms with E-state index in [9.17, 15) is 9.59 Å². The number of piperazine rings is 1. The van der Waals surface area contributed by atoms with Gasteiger partial charge in [-0.3, -0.25) is 19.2 Å². The number of pyridine rings is 1. The number of nitrogens with zero attached hydrogens (tertiary/aromatic N) is 4.